The van der Waals surface area contributed by atoms with Gasteiger partial charge in [-0.05, 0) is 34.4 Å². The fourth-order valence-electron chi connectivity index (χ4n) is 3.74. The molecule has 0 aromatic heterocycles. The van der Waals surface area contributed by atoms with Crippen LogP contribution in [0.25, 0.3) is 11.1 Å². The molecule has 1 N–H and O–H groups in total. The molecule has 0 atom stereocenters. The molecule has 0 saturated heterocycles. The molecule has 0 saturated carbocycles. The van der Waals surface area contributed by atoms with E-state index >= 15 is 0 Å². The van der Waals surface area contributed by atoms with Crippen molar-refractivity contribution in [1.29, 1.82) is 0 Å². The summed E-state index contributed by atoms with van der Waals surface area (Å²) in [5.74, 6) is 4.98. The molecule has 3 aromatic rings. The van der Waals surface area contributed by atoms with E-state index in [9.17, 15) is 14.0 Å². The van der Waals surface area contributed by atoms with Crippen LogP contribution in [0.15, 0.2) is 66.7 Å². The molecule has 1 aliphatic rings. The molecule has 5 heteroatoms. The lowest BCUT2D eigenvalue weighted by atomic mass is 9.98. The lowest BCUT2D eigenvalue weighted by Gasteiger charge is -2.14. The first kappa shape index (κ1) is 20.4. The number of halogens is 1. The minimum atomic E-state index is -0.540. The van der Waals surface area contributed by atoms with Gasteiger partial charge >= 0.3 is 6.09 Å². The first-order valence-electron chi connectivity index (χ1n) is 10.00. The van der Waals surface area contributed by atoms with E-state index in [1.807, 2.05) is 24.3 Å². The molecule has 0 radical (unpaired) electrons. The summed E-state index contributed by atoms with van der Waals surface area (Å²) < 4.78 is 19.2. The molecule has 0 bridgehead atoms. The summed E-state index contributed by atoms with van der Waals surface area (Å²) in [6.45, 7) is 0.539. The fraction of sp³-hybridized carbons (Fsp3) is 0.154. The van der Waals surface area contributed by atoms with Crippen molar-refractivity contribution < 1.29 is 18.7 Å². The van der Waals surface area contributed by atoms with E-state index in [-0.39, 0.29) is 30.2 Å². The van der Waals surface area contributed by atoms with E-state index in [2.05, 4.69) is 41.4 Å². The van der Waals surface area contributed by atoms with Crippen LogP contribution >= 0.6 is 0 Å². The van der Waals surface area contributed by atoms with E-state index < -0.39 is 11.9 Å². The number of hydrogen-bond acceptors (Lipinski definition) is 3. The molecule has 0 fully saturated rings. The number of amides is 1. The van der Waals surface area contributed by atoms with Gasteiger partial charge in [0.15, 0.2) is 0 Å². The molecular formula is C26H20FNO3. The number of carbonyl (C=O) groups is 2. The SMILES string of the molecule is O=Cc1ccc(C#CCCNC(=O)OCC2c3ccccc3-c3ccccc32)c(F)c1. The van der Waals surface area contributed by atoms with Gasteiger partial charge in [0, 0.05) is 24.4 Å². The molecular weight excluding hydrogens is 393 g/mol. The monoisotopic (exact) mass is 413 g/mol. The Morgan fingerprint density at radius 3 is 2.35 bits per heavy atom. The lowest BCUT2D eigenvalue weighted by molar-refractivity contribution is 0.112. The van der Waals surface area contributed by atoms with Gasteiger partial charge in [-0.1, -0.05) is 66.4 Å². The zero-order valence-corrected chi connectivity index (χ0v) is 16.7. The van der Waals surface area contributed by atoms with Crippen LogP contribution in [-0.2, 0) is 4.74 Å². The Kier molecular flexibility index (Phi) is 6.09. The van der Waals surface area contributed by atoms with Crippen LogP contribution in [0, 0.1) is 17.7 Å². The van der Waals surface area contributed by atoms with E-state index in [1.54, 1.807) is 0 Å². The largest absolute Gasteiger partial charge is 0.449 e. The number of fused-ring (bicyclic) bond motifs is 3. The van der Waals surface area contributed by atoms with Gasteiger partial charge in [-0.15, -0.1) is 0 Å². The maximum absolute atomic E-state index is 13.8. The summed E-state index contributed by atoms with van der Waals surface area (Å²) in [4.78, 5) is 22.7. The number of nitrogens with one attached hydrogen (secondary N) is 1. The van der Waals surface area contributed by atoms with Crippen LogP contribution in [0.2, 0.25) is 0 Å². The predicted octanol–water partition coefficient (Wildman–Crippen LogP) is 4.92. The van der Waals surface area contributed by atoms with Crippen molar-refractivity contribution in [2.75, 3.05) is 13.2 Å². The summed E-state index contributed by atoms with van der Waals surface area (Å²) in [6.07, 6.45) is 0.419. The standard InChI is InChI=1S/C26H20FNO3/c27-25-15-18(16-29)12-13-19(25)7-5-6-14-28-26(30)31-17-24-22-10-3-1-8-20(22)21-9-2-4-11-23(21)24/h1-4,8-13,15-16,24H,6,14,17H2,(H,28,30). The average molecular weight is 413 g/mol. The second kappa shape index (κ2) is 9.27. The number of hydrogen-bond donors (Lipinski definition) is 1. The third kappa shape index (κ3) is 4.49. The number of rotatable bonds is 5. The van der Waals surface area contributed by atoms with Gasteiger partial charge in [0.05, 0.1) is 5.56 Å². The summed E-state index contributed by atoms with van der Waals surface area (Å²) in [6, 6.07) is 20.4. The Hall–Kier alpha value is -3.91. The van der Waals surface area contributed by atoms with Crippen molar-refractivity contribution in [3.05, 3.63) is 94.8 Å². The van der Waals surface area contributed by atoms with Crippen LogP contribution in [-0.4, -0.2) is 25.5 Å². The summed E-state index contributed by atoms with van der Waals surface area (Å²) >= 11 is 0. The van der Waals surface area contributed by atoms with E-state index in [0.717, 1.165) is 17.2 Å². The van der Waals surface area contributed by atoms with Gasteiger partial charge < -0.3 is 10.1 Å². The van der Waals surface area contributed by atoms with Crippen molar-refractivity contribution in [2.45, 2.75) is 12.3 Å². The van der Waals surface area contributed by atoms with Gasteiger partial charge in [-0.25, -0.2) is 9.18 Å². The normalized spacial score (nSPS) is 11.6. The van der Waals surface area contributed by atoms with Crippen molar-refractivity contribution >= 4 is 12.4 Å². The zero-order chi connectivity index (χ0) is 21.6. The smallest absolute Gasteiger partial charge is 0.407 e. The van der Waals surface area contributed by atoms with Crippen molar-refractivity contribution in [3.63, 3.8) is 0 Å². The van der Waals surface area contributed by atoms with E-state index in [4.69, 9.17) is 4.74 Å². The van der Waals surface area contributed by atoms with Gasteiger partial charge in [-0.2, -0.15) is 0 Å². The van der Waals surface area contributed by atoms with Crippen LogP contribution in [0.4, 0.5) is 9.18 Å². The predicted molar refractivity (Wildman–Crippen MR) is 116 cm³/mol. The summed E-state index contributed by atoms with van der Waals surface area (Å²) in [7, 11) is 0. The molecule has 0 aliphatic heterocycles. The maximum atomic E-state index is 13.8. The molecule has 4 rings (SSSR count). The minimum Gasteiger partial charge on any atom is -0.449 e. The minimum absolute atomic E-state index is 0.00949. The van der Waals surface area contributed by atoms with Crippen LogP contribution in [0.5, 0.6) is 0 Å². The molecule has 4 nitrogen and oxygen atoms in total. The van der Waals surface area contributed by atoms with Crippen molar-refractivity contribution in [1.82, 2.24) is 5.32 Å². The van der Waals surface area contributed by atoms with Gasteiger partial charge in [-0.3, -0.25) is 4.79 Å². The van der Waals surface area contributed by atoms with Crippen LogP contribution < -0.4 is 5.32 Å². The highest BCUT2D eigenvalue weighted by Gasteiger charge is 2.28. The number of ether oxygens (including phenoxy) is 1. The molecule has 31 heavy (non-hydrogen) atoms. The first-order valence-corrected chi connectivity index (χ1v) is 10.00. The Morgan fingerprint density at radius 2 is 1.71 bits per heavy atom. The van der Waals surface area contributed by atoms with Gasteiger partial charge in [0.25, 0.3) is 0 Å². The van der Waals surface area contributed by atoms with Crippen LogP contribution in [0.1, 0.15) is 39.4 Å². The zero-order valence-electron chi connectivity index (χ0n) is 16.7. The van der Waals surface area contributed by atoms with E-state index in [1.165, 1.54) is 23.3 Å². The Bertz CT molecular complexity index is 1150. The summed E-state index contributed by atoms with van der Waals surface area (Å²) in [5, 5.41) is 2.67. The molecule has 0 unspecified atom stereocenters. The molecule has 0 heterocycles. The van der Waals surface area contributed by atoms with Gasteiger partial charge in [0.2, 0.25) is 0 Å². The Balaban J connectivity index is 1.29. The number of carbonyl (C=O) groups excluding carboxylic acids is 2. The quantitative estimate of drug-likeness (QED) is 0.367. The fourth-order valence-corrected chi connectivity index (χ4v) is 3.74. The average Bonchev–Trinajstić information content (AvgIpc) is 3.12. The first-order chi connectivity index (χ1) is 15.2. The number of benzene rings is 3. The molecule has 0 spiro atoms. The maximum Gasteiger partial charge on any atom is 0.407 e. The second-order valence-electron chi connectivity index (χ2n) is 7.16. The Morgan fingerprint density at radius 1 is 1.03 bits per heavy atom. The third-order valence-corrected chi connectivity index (χ3v) is 5.22. The van der Waals surface area contributed by atoms with E-state index in [0.29, 0.717) is 12.7 Å². The highest BCUT2D eigenvalue weighted by Crippen LogP contribution is 2.44. The molecule has 3 aromatic carbocycles. The summed E-state index contributed by atoms with van der Waals surface area (Å²) in [5.41, 5.74) is 5.15. The molecule has 1 aliphatic carbocycles. The Labute approximate surface area is 180 Å². The van der Waals surface area contributed by atoms with Gasteiger partial charge in [0.1, 0.15) is 18.7 Å². The number of alkyl carbamates (subject to hydrolysis) is 1. The van der Waals surface area contributed by atoms with Crippen molar-refractivity contribution in [3.8, 4) is 23.0 Å². The molecule has 1 amide bonds. The van der Waals surface area contributed by atoms with Crippen LogP contribution in [0.3, 0.4) is 0 Å². The highest BCUT2D eigenvalue weighted by atomic mass is 19.1. The number of aldehydes is 1. The highest BCUT2D eigenvalue weighted by molar-refractivity contribution is 5.79. The second-order valence-corrected chi connectivity index (χ2v) is 7.16. The lowest BCUT2D eigenvalue weighted by Crippen LogP contribution is -2.26. The van der Waals surface area contributed by atoms with Crippen molar-refractivity contribution in [2.24, 2.45) is 0 Å². The third-order valence-electron chi connectivity index (χ3n) is 5.22. The molecule has 154 valence electrons. The topological polar surface area (TPSA) is 55.4 Å².